The van der Waals surface area contributed by atoms with Gasteiger partial charge in [0.1, 0.15) is 17.3 Å². The van der Waals surface area contributed by atoms with E-state index in [0.717, 1.165) is 11.3 Å². The summed E-state index contributed by atoms with van der Waals surface area (Å²) in [6.07, 6.45) is 0. The molecule has 0 amide bonds. The summed E-state index contributed by atoms with van der Waals surface area (Å²) >= 11 is 0. The van der Waals surface area contributed by atoms with Gasteiger partial charge in [-0.3, -0.25) is 0 Å². The molecule has 3 aromatic carbocycles. The molecule has 0 saturated carbocycles. The molecule has 0 fully saturated rings. The molecule has 26 heavy (non-hydrogen) atoms. The van der Waals surface area contributed by atoms with Crippen molar-refractivity contribution in [2.24, 2.45) is 0 Å². The molecule has 4 nitrogen and oxygen atoms in total. The number of halogens is 1. The number of aryl methyl sites for hydroxylation is 1. The van der Waals surface area contributed by atoms with Gasteiger partial charge >= 0.3 is 5.97 Å². The van der Waals surface area contributed by atoms with Crippen molar-refractivity contribution in [2.45, 2.75) is 13.0 Å². The Morgan fingerprint density at radius 1 is 1.00 bits per heavy atom. The average molecular weight is 351 g/mol. The van der Waals surface area contributed by atoms with Crippen LogP contribution >= 0.6 is 0 Å². The number of hydrogen-bond donors (Lipinski definition) is 2. The molecule has 132 valence electrons. The van der Waals surface area contributed by atoms with E-state index in [2.05, 4.69) is 5.32 Å². The molecule has 0 heterocycles. The van der Waals surface area contributed by atoms with Crippen LogP contribution in [0.3, 0.4) is 0 Å². The largest absolute Gasteiger partial charge is 0.479 e. The van der Waals surface area contributed by atoms with Crippen LogP contribution in [0, 0.1) is 12.7 Å². The third kappa shape index (κ3) is 4.19. The second-order valence-corrected chi connectivity index (χ2v) is 5.86. The Kier molecular flexibility index (Phi) is 5.17. The van der Waals surface area contributed by atoms with Gasteiger partial charge in [-0.25, -0.2) is 9.18 Å². The smallest absolute Gasteiger partial charge is 0.330 e. The van der Waals surface area contributed by atoms with Crippen LogP contribution in [0.5, 0.6) is 11.5 Å². The van der Waals surface area contributed by atoms with Crippen molar-refractivity contribution in [3.63, 3.8) is 0 Å². The molecule has 0 radical (unpaired) electrons. The molecule has 0 bridgehead atoms. The Morgan fingerprint density at radius 2 is 1.69 bits per heavy atom. The lowest BCUT2D eigenvalue weighted by atomic mass is 10.1. The van der Waals surface area contributed by atoms with E-state index in [1.54, 1.807) is 12.1 Å². The summed E-state index contributed by atoms with van der Waals surface area (Å²) in [7, 11) is 0. The van der Waals surface area contributed by atoms with E-state index in [0.29, 0.717) is 17.0 Å². The van der Waals surface area contributed by atoms with E-state index >= 15 is 0 Å². The predicted octanol–water partition coefficient (Wildman–Crippen LogP) is 5.16. The number of carboxylic acids is 1. The van der Waals surface area contributed by atoms with Crippen LogP contribution in [-0.4, -0.2) is 11.1 Å². The Bertz CT molecular complexity index is 895. The van der Waals surface area contributed by atoms with Crippen LogP contribution < -0.4 is 10.1 Å². The number of para-hydroxylation sites is 1. The van der Waals surface area contributed by atoms with Crippen molar-refractivity contribution in [3.8, 4) is 11.5 Å². The van der Waals surface area contributed by atoms with Gasteiger partial charge in [0, 0.05) is 5.69 Å². The second-order valence-electron chi connectivity index (χ2n) is 5.86. The molecule has 5 heteroatoms. The maximum absolute atomic E-state index is 13.1. The highest BCUT2D eigenvalue weighted by atomic mass is 19.1. The van der Waals surface area contributed by atoms with E-state index in [9.17, 15) is 14.3 Å². The Hall–Kier alpha value is -3.34. The number of carboxylic acid groups (broad SMARTS) is 1. The van der Waals surface area contributed by atoms with Gasteiger partial charge in [-0.15, -0.1) is 0 Å². The minimum atomic E-state index is -1.04. The summed E-state index contributed by atoms with van der Waals surface area (Å²) < 4.78 is 18.9. The zero-order chi connectivity index (χ0) is 18.5. The number of hydrogen-bond acceptors (Lipinski definition) is 3. The molecule has 0 aliphatic rings. The lowest BCUT2D eigenvalue weighted by Crippen LogP contribution is -2.21. The number of aliphatic carboxylic acids is 1. The Labute approximate surface area is 150 Å². The molecule has 0 aliphatic carbocycles. The molecule has 0 spiro atoms. The van der Waals surface area contributed by atoms with E-state index < -0.39 is 17.8 Å². The third-order valence-corrected chi connectivity index (χ3v) is 3.93. The van der Waals surface area contributed by atoms with Crippen LogP contribution in [0.25, 0.3) is 0 Å². The summed E-state index contributed by atoms with van der Waals surface area (Å²) in [4.78, 5) is 11.6. The summed E-state index contributed by atoms with van der Waals surface area (Å²) in [6, 6.07) is 19.2. The first-order valence-corrected chi connectivity index (χ1v) is 8.11. The van der Waals surface area contributed by atoms with Gasteiger partial charge in [0.15, 0.2) is 6.04 Å². The fourth-order valence-electron chi connectivity index (χ4n) is 2.58. The van der Waals surface area contributed by atoms with Crippen LogP contribution in [0.15, 0.2) is 72.8 Å². The first-order valence-electron chi connectivity index (χ1n) is 8.11. The van der Waals surface area contributed by atoms with Crippen LogP contribution in [-0.2, 0) is 4.79 Å². The lowest BCUT2D eigenvalue weighted by molar-refractivity contribution is -0.138. The van der Waals surface area contributed by atoms with Crippen molar-refractivity contribution in [2.75, 3.05) is 5.32 Å². The highest BCUT2D eigenvalue weighted by Gasteiger charge is 2.20. The Balaban J connectivity index is 1.79. The molecular weight excluding hydrogens is 333 g/mol. The van der Waals surface area contributed by atoms with Crippen molar-refractivity contribution in [1.82, 2.24) is 0 Å². The zero-order valence-corrected chi connectivity index (χ0v) is 14.1. The molecular formula is C21H18FNO3. The van der Waals surface area contributed by atoms with Crippen LogP contribution in [0.1, 0.15) is 17.2 Å². The highest BCUT2D eigenvalue weighted by molar-refractivity contribution is 5.79. The predicted molar refractivity (Wildman–Crippen MR) is 98.1 cm³/mol. The summed E-state index contributed by atoms with van der Waals surface area (Å²) in [6.45, 7) is 1.86. The van der Waals surface area contributed by atoms with Crippen molar-refractivity contribution in [3.05, 3.63) is 89.7 Å². The monoisotopic (exact) mass is 351 g/mol. The number of benzene rings is 3. The SMILES string of the molecule is Cc1cc(Oc2ccccc2)ccc1NC(C(=O)O)c1ccc(F)cc1. The summed E-state index contributed by atoms with van der Waals surface area (Å²) in [5.74, 6) is -0.0626. The normalized spacial score (nSPS) is 11.6. The first kappa shape index (κ1) is 17.5. The van der Waals surface area contributed by atoms with Crippen molar-refractivity contribution >= 4 is 11.7 Å². The number of carbonyl (C=O) groups is 1. The van der Waals surface area contributed by atoms with E-state index in [-0.39, 0.29) is 0 Å². The highest BCUT2D eigenvalue weighted by Crippen LogP contribution is 2.28. The molecule has 1 atom stereocenters. The van der Waals surface area contributed by atoms with Gasteiger partial charge in [-0.1, -0.05) is 30.3 Å². The quantitative estimate of drug-likeness (QED) is 0.644. The summed E-state index contributed by atoms with van der Waals surface area (Å²) in [5.41, 5.74) is 1.98. The van der Waals surface area contributed by atoms with Gasteiger partial charge < -0.3 is 15.2 Å². The van der Waals surface area contributed by atoms with Gasteiger partial charge in [-0.2, -0.15) is 0 Å². The molecule has 2 N–H and O–H groups in total. The molecule has 1 unspecified atom stereocenters. The van der Waals surface area contributed by atoms with Gasteiger partial charge in [0.05, 0.1) is 0 Å². The number of rotatable bonds is 6. The van der Waals surface area contributed by atoms with Crippen molar-refractivity contribution in [1.29, 1.82) is 0 Å². The molecule has 3 rings (SSSR count). The van der Waals surface area contributed by atoms with Crippen molar-refractivity contribution < 1.29 is 19.0 Å². The minimum Gasteiger partial charge on any atom is -0.479 e. The zero-order valence-electron chi connectivity index (χ0n) is 14.1. The molecule has 0 aliphatic heterocycles. The third-order valence-electron chi connectivity index (χ3n) is 3.93. The fourth-order valence-corrected chi connectivity index (χ4v) is 2.58. The van der Waals surface area contributed by atoms with E-state index in [1.807, 2.05) is 43.3 Å². The number of nitrogens with one attached hydrogen (secondary N) is 1. The average Bonchev–Trinajstić information content (AvgIpc) is 2.63. The van der Waals surface area contributed by atoms with E-state index in [4.69, 9.17) is 4.74 Å². The fraction of sp³-hybridized carbons (Fsp3) is 0.0952. The maximum atomic E-state index is 13.1. The standard InChI is InChI=1S/C21H18FNO3/c1-14-13-18(26-17-5-3-2-4-6-17)11-12-19(14)23-20(21(24)25)15-7-9-16(22)10-8-15/h2-13,20,23H,1H3,(H,24,25). The minimum absolute atomic E-state index is 0.406. The lowest BCUT2D eigenvalue weighted by Gasteiger charge is -2.18. The molecule has 0 saturated heterocycles. The van der Waals surface area contributed by atoms with Crippen LogP contribution in [0.4, 0.5) is 10.1 Å². The second kappa shape index (κ2) is 7.70. The molecule has 3 aromatic rings. The topological polar surface area (TPSA) is 58.6 Å². The van der Waals surface area contributed by atoms with Crippen LogP contribution in [0.2, 0.25) is 0 Å². The van der Waals surface area contributed by atoms with Gasteiger partial charge in [-0.05, 0) is 60.5 Å². The summed E-state index contributed by atoms with van der Waals surface area (Å²) in [5, 5.41) is 12.5. The number of ether oxygens (including phenoxy) is 1. The van der Waals surface area contributed by atoms with Gasteiger partial charge in [0.25, 0.3) is 0 Å². The maximum Gasteiger partial charge on any atom is 0.330 e. The van der Waals surface area contributed by atoms with Gasteiger partial charge in [0.2, 0.25) is 0 Å². The Morgan fingerprint density at radius 3 is 2.31 bits per heavy atom. The molecule has 0 aromatic heterocycles. The first-order chi connectivity index (χ1) is 12.5. The van der Waals surface area contributed by atoms with E-state index in [1.165, 1.54) is 24.3 Å². The number of anilines is 1.